The van der Waals surface area contributed by atoms with E-state index in [4.69, 9.17) is 0 Å². The number of aromatic nitrogens is 1. The number of anilines is 1. The van der Waals surface area contributed by atoms with Gasteiger partial charge in [-0.15, -0.1) is 0 Å². The number of nitrogens with one attached hydrogen (secondary N) is 2. The molecule has 5 nitrogen and oxygen atoms in total. The molecule has 0 saturated heterocycles. The number of hydrogen-bond donors (Lipinski definition) is 2. The quantitative estimate of drug-likeness (QED) is 0.750. The summed E-state index contributed by atoms with van der Waals surface area (Å²) in [7, 11) is -1.87. The van der Waals surface area contributed by atoms with Crippen LogP contribution in [0.3, 0.4) is 0 Å². The highest BCUT2D eigenvalue weighted by atomic mass is 79.9. The predicted molar refractivity (Wildman–Crippen MR) is 76.2 cm³/mol. The third-order valence-electron chi connectivity index (χ3n) is 2.42. The summed E-state index contributed by atoms with van der Waals surface area (Å²) < 4.78 is 27.4. The van der Waals surface area contributed by atoms with E-state index in [2.05, 4.69) is 37.9 Å². The number of sulfonamides is 1. The Kier molecular flexibility index (Phi) is 6.04. The molecule has 102 valence electrons. The van der Waals surface area contributed by atoms with Crippen molar-refractivity contribution in [3.63, 3.8) is 0 Å². The zero-order valence-corrected chi connectivity index (χ0v) is 12.9. The van der Waals surface area contributed by atoms with E-state index >= 15 is 0 Å². The van der Waals surface area contributed by atoms with Gasteiger partial charge in [0.2, 0.25) is 10.0 Å². The molecule has 0 aliphatic rings. The average Bonchev–Trinajstić information content (AvgIpc) is 2.35. The molecule has 0 aromatic carbocycles. The minimum atomic E-state index is -3.51. The van der Waals surface area contributed by atoms with Crippen molar-refractivity contribution in [3.05, 3.63) is 16.7 Å². The molecule has 0 bridgehead atoms. The first kappa shape index (κ1) is 15.4. The van der Waals surface area contributed by atoms with Gasteiger partial charge >= 0.3 is 0 Å². The van der Waals surface area contributed by atoms with Crippen LogP contribution in [0.4, 0.5) is 5.82 Å². The third-order valence-corrected chi connectivity index (χ3v) is 4.33. The van der Waals surface area contributed by atoms with Crippen molar-refractivity contribution in [2.45, 2.75) is 31.1 Å². The van der Waals surface area contributed by atoms with Crippen LogP contribution >= 0.6 is 15.9 Å². The van der Waals surface area contributed by atoms with E-state index in [-0.39, 0.29) is 4.90 Å². The average molecular weight is 336 g/mol. The summed E-state index contributed by atoms with van der Waals surface area (Å²) in [6, 6.07) is 1.54. The number of hydrogen-bond acceptors (Lipinski definition) is 4. The zero-order chi connectivity index (χ0) is 13.6. The molecule has 0 radical (unpaired) electrons. The molecule has 0 amide bonds. The van der Waals surface area contributed by atoms with E-state index in [9.17, 15) is 8.42 Å². The van der Waals surface area contributed by atoms with Gasteiger partial charge in [0.25, 0.3) is 0 Å². The monoisotopic (exact) mass is 335 g/mol. The van der Waals surface area contributed by atoms with Gasteiger partial charge in [0.05, 0.1) is 0 Å². The van der Waals surface area contributed by atoms with Crippen molar-refractivity contribution < 1.29 is 8.42 Å². The maximum absolute atomic E-state index is 12.1. The molecule has 0 spiro atoms. The third kappa shape index (κ3) is 4.22. The predicted octanol–water partition coefficient (Wildman–Crippen LogP) is 2.35. The van der Waals surface area contributed by atoms with Gasteiger partial charge in [0.1, 0.15) is 10.7 Å². The summed E-state index contributed by atoms with van der Waals surface area (Å²) in [6.45, 7) is 2.53. The Morgan fingerprint density at radius 2 is 2.11 bits per heavy atom. The van der Waals surface area contributed by atoms with Gasteiger partial charge in [-0.25, -0.2) is 18.1 Å². The smallest absolute Gasteiger partial charge is 0.244 e. The van der Waals surface area contributed by atoms with E-state index in [1.54, 1.807) is 19.3 Å². The Labute approximate surface area is 117 Å². The maximum atomic E-state index is 12.1. The normalized spacial score (nSPS) is 11.5. The Bertz CT molecular complexity index is 491. The SMILES string of the molecule is CCCCCNS(=O)(=O)c1cc(Br)cnc1NC. The topological polar surface area (TPSA) is 71.1 Å². The summed E-state index contributed by atoms with van der Waals surface area (Å²) in [4.78, 5) is 4.19. The molecule has 0 aliphatic heterocycles. The van der Waals surface area contributed by atoms with Crippen LogP contribution in [0.2, 0.25) is 0 Å². The van der Waals surface area contributed by atoms with Crippen molar-refractivity contribution in [2.24, 2.45) is 0 Å². The molecule has 0 aliphatic carbocycles. The second-order valence-corrected chi connectivity index (χ2v) is 6.51. The van der Waals surface area contributed by atoms with Crippen LogP contribution in [-0.4, -0.2) is 27.0 Å². The van der Waals surface area contributed by atoms with Gasteiger partial charge in [-0.2, -0.15) is 0 Å². The fraction of sp³-hybridized carbons (Fsp3) is 0.545. The van der Waals surface area contributed by atoms with Gasteiger partial charge in [-0.05, 0) is 28.4 Å². The fourth-order valence-electron chi connectivity index (χ4n) is 1.47. The minimum absolute atomic E-state index is 0.163. The number of pyridine rings is 1. The van der Waals surface area contributed by atoms with Crippen LogP contribution in [0.15, 0.2) is 21.6 Å². The lowest BCUT2D eigenvalue weighted by Gasteiger charge is -2.10. The number of halogens is 1. The minimum Gasteiger partial charge on any atom is -0.372 e. The van der Waals surface area contributed by atoms with Gasteiger partial charge < -0.3 is 5.32 Å². The Balaban J connectivity index is 2.87. The number of nitrogens with zero attached hydrogens (tertiary/aromatic N) is 1. The van der Waals surface area contributed by atoms with Gasteiger partial charge in [-0.3, -0.25) is 0 Å². The van der Waals surface area contributed by atoms with Crippen LogP contribution in [-0.2, 0) is 10.0 Å². The van der Waals surface area contributed by atoms with Crippen LogP contribution in [0.25, 0.3) is 0 Å². The molecule has 1 aromatic heterocycles. The lowest BCUT2D eigenvalue weighted by atomic mass is 10.3. The van der Waals surface area contributed by atoms with Gasteiger partial charge in [0.15, 0.2) is 0 Å². The molecule has 0 saturated carbocycles. The molecule has 1 aromatic rings. The van der Waals surface area contributed by atoms with Crippen molar-refractivity contribution in [1.29, 1.82) is 0 Å². The first-order valence-corrected chi connectivity index (χ1v) is 8.12. The highest BCUT2D eigenvalue weighted by molar-refractivity contribution is 9.10. The molecule has 0 atom stereocenters. The molecule has 18 heavy (non-hydrogen) atoms. The number of rotatable bonds is 7. The van der Waals surface area contributed by atoms with E-state index < -0.39 is 10.0 Å². The lowest BCUT2D eigenvalue weighted by Crippen LogP contribution is -2.25. The summed E-state index contributed by atoms with van der Waals surface area (Å²) in [5.41, 5.74) is 0. The molecule has 2 N–H and O–H groups in total. The fourth-order valence-corrected chi connectivity index (χ4v) is 3.22. The maximum Gasteiger partial charge on any atom is 0.244 e. The van der Waals surface area contributed by atoms with Crippen molar-refractivity contribution in [2.75, 3.05) is 18.9 Å². The molecular weight excluding hydrogens is 318 g/mol. The summed E-state index contributed by atoms with van der Waals surface area (Å²) >= 11 is 3.23. The van der Waals surface area contributed by atoms with Crippen LogP contribution in [0.5, 0.6) is 0 Å². The second kappa shape index (κ2) is 7.06. The standard InChI is InChI=1S/C11H18BrN3O2S/c1-3-4-5-6-15-18(16,17)10-7-9(12)8-14-11(10)13-2/h7-8,15H,3-6H2,1-2H3,(H,13,14). The van der Waals surface area contributed by atoms with Crippen molar-refractivity contribution in [3.8, 4) is 0 Å². The van der Waals surface area contributed by atoms with E-state index in [0.29, 0.717) is 16.8 Å². The highest BCUT2D eigenvalue weighted by Gasteiger charge is 2.19. The first-order chi connectivity index (χ1) is 8.51. The van der Waals surface area contributed by atoms with Crippen LogP contribution in [0, 0.1) is 0 Å². The zero-order valence-electron chi connectivity index (χ0n) is 10.5. The van der Waals surface area contributed by atoms with E-state index in [0.717, 1.165) is 19.3 Å². The van der Waals surface area contributed by atoms with E-state index in [1.807, 2.05) is 0 Å². The van der Waals surface area contributed by atoms with E-state index in [1.165, 1.54) is 0 Å². The molecular formula is C11H18BrN3O2S. The molecule has 1 rings (SSSR count). The lowest BCUT2D eigenvalue weighted by molar-refractivity contribution is 0.576. The molecule has 0 fully saturated rings. The Morgan fingerprint density at radius 1 is 1.39 bits per heavy atom. The molecule has 0 unspecified atom stereocenters. The van der Waals surface area contributed by atoms with Crippen LogP contribution in [0.1, 0.15) is 26.2 Å². The Morgan fingerprint density at radius 3 is 2.72 bits per heavy atom. The van der Waals surface area contributed by atoms with Gasteiger partial charge in [-0.1, -0.05) is 19.8 Å². The van der Waals surface area contributed by atoms with Gasteiger partial charge in [0, 0.05) is 24.3 Å². The highest BCUT2D eigenvalue weighted by Crippen LogP contribution is 2.22. The summed E-state index contributed by atoms with van der Waals surface area (Å²) in [5.74, 6) is 0.348. The van der Waals surface area contributed by atoms with Crippen molar-refractivity contribution in [1.82, 2.24) is 9.71 Å². The molecule has 7 heteroatoms. The van der Waals surface area contributed by atoms with Crippen LogP contribution < -0.4 is 10.0 Å². The summed E-state index contributed by atoms with van der Waals surface area (Å²) in [6.07, 6.45) is 4.47. The summed E-state index contributed by atoms with van der Waals surface area (Å²) in [5, 5.41) is 2.78. The van der Waals surface area contributed by atoms with Crippen molar-refractivity contribution >= 4 is 31.8 Å². The second-order valence-electron chi connectivity index (χ2n) is 3.86. The molecule has 1 heterocycles. The Hall–Kier alpha value is -0.660. The number of unbranched alkanes of at least 4 members (excludes halogenated alkanes) is 2. The first-order valence-electron chi connectivity index (χ1n) is 5.84. The largest absolute Gasteiger partial charge is 0.372 e.